The van der Waals surface area contributed by atoms with Crippen LogP contribution in [0.25, 0.3) is 0 Å². The van der Waals surface area contributed by atoms with Gasteiger partial charge in [-0.15, -0.1) is 24.5 Å². The molecule has 0 heterocycles. The van der Waals surface area contributed by atoms with Gasteiger partial charge in [0.2, 0.25) is 6.48 Å². The summed E-state index contributed by atoms with van der Waals surface area (Å²) in [4.78, 5) is 3.18. The topological polar surface area (TPSA) is 38.0 Å². The highest BCUT2D eigenvalue weighted by atomic mass is 33.1. The van der Waals surface area contributed by atoms with Crippen LogP contribution in [0.15, 0.2) is 4.88 Å². The van der Waals surface area contributed by atoms with E-state index in [9.17, 15) is 0 Å². The van der Waals surface area contributed by atoms with Crippen LogP contribution < -0.4 is 5.53 Å². The summed E-state index contributed by atoms with van der Waals surface area (Å²) in [6.07, 6.45) is 0. The molecule has 0 aliphatic rings. The molecular formula is H4N2PS2+. The molecule has 0 aromatic heterocycles. The summed E-state index contributed by atoms with van der Waals surface area (Å²) in [5.41, 5.74) is 4.67. The van der Waals surface area contributed by atoms with Gasteiger partial charge in [0.05, 0.1) is 0 Å². The first-order chi connectivity index (χ1) is 2.27. The van der Waals surface area contributed by atoms with Crippen LogP contribution in [0, 0.1) is 0 Å². The van der Waals surface area contributed by atoms with Crippen molar-refractivity contribution in [2.75, 3.05) is 0 Å². The van der Waals surface area contributed by atoms with Gasteiger partial charge in [-0.05, 0) is 4.88 Å². The Morgan fingerprint density at radius 3 is 1.80 bits per heavy atom. The molecule has 0 amide bonds. The Morgan fingerprint density at radius 1 is 1.60 bits per heavy atom. The minimum Gasteiger partial charge on any atom is -0.152 e. The van der Waals surface area contributed by atoms with Crippen LogP contribution in [0.3, 0.4) is 0 Å². The van der Waals surface area contributed by atoms with Crippen LogP contribution in [0.4, 0.5) is 0 Å². The minimum atomic E-state index is -0.807. The lowest BCUT2D eigenvalue weighted by molar-refractivity contribution is -0.201. The second-order valence-corrected chi connectivity index (χ2v) is 4.37. The monoisotopic (exact) mass is 127 g/mol. The molecule has 0 fully saturated rings. The summed E-state index contributed by atoms with van der Waals surface area (Å²) in [5, 5.41) is 0. The Labute approximate surface area is 42.0 Å². The number of hydrogen-bond donors (Lipinski definition) is 3. The molecule has 0 unspecified atom stereocenters. The second kappa shape index (κ2) is 2.94. The molecule has 0 aliphatic carbocycles. The summed E-state index contributed by atoms with van der Waals surface area (Å²) in [7, 11) is 0. The quantitative estimate of drug-likeness (QED) is 0.257. The third-order valence-electron chi connectivity index (χ3n) is 0.103. The first-order valence-electron chi connectivity index (χ1n) is 0.858. The second-order valence-electron chi connectivity index (χ2n) is 0.384. The summed E-state index contributed by atoms with van der Waals surface area (Å²) in [6, 6.07) is 0. The van der Waals surface area contributed by atoms with Crippen molar-refractivity contribution in [1.29, 1.82) is 0 Å². The molecule has 0 radical (unpaired) electrons. The highest BCUT2D eigenvalue weighted by Crippen LogP contribution is 2.44. The molecule has 0 rings (SSSR count). The van der Waals surface area contributed by atoms with Gasteiger partial charge in [-0.25, -0.2) is 0 Å². The van der Waals surface area contributed by atoms with E-state index in [2.05, 4.69) is 34.9 Å². The lowest BCUT2D eigenvalue weighted by Crippen LogP contribution is -2.20. The van der Waals surface area contributed by atoms with E-state index in [-0.39, 0.29) is 0 Å². The fourth-order valence-electron chi connectivity index (χ4n) is 0. The van der Waals surface area contributed by atoms with Crippen molar-refractivity contribution in [2.24, 2.45) is 4.88 Å². The zero-order valence-electron chi connectivity index (χ0n) is 2.37. The Morgan fingerprint density at radius 2 is 1.80 bits per heavy atom. The van der Waals surface area contributed by atoms with E-state index in [1.54, 1.807) is 0 Å². The van der Waals surface area contributed by atoms with Crippen molar-refractivity contribution in [3.8, 4) is 0 Å². The maximum Gasteiger partial charge on any atom is 0.203 e. The fraction of sp³-hybridized carbons (Fsp3) is 0. The van der Waals surface area contributed by atoms with Crippen LogP contribution in [0.1, 0.15) is 0 Å². The van der Waals surface area contributed by atoms with Gasteiger partial charge in [-0.3, -0.25) is 0 Å². The predicted molar refractivity (Wildman–Crippen MR) is 29.2 cm³/mol. The molecule has 0 aromatic carbocycles. The van der Waals surface area contributed by atoms with E-state index in [0.717, 1.165) is 0 Å². The lowest BCUT2D eigenvalue weighted by Gasteiger charge is -1.73. The number of nitrogens with zero attached hydrogens (tertiary/aromatic N) is 1. The molecule has 2 N–H and O–H groups in total. The minimum absolute atomic E-state index is 0.807. The van der Waals surface area contributed by atoms with Gasteiger partial charge in [0.1, 0.15) is 0 Å². The molecule has 0 spiro atoms. The Bertz CT molecular complexity index is 34.6. The van der Waals surface area contributed by atoms with Gasteiger partial charge in [0, 0.05) is 0 Å². The van der Waals surface area contributed by atoms with Crippen LogP contribution in [0.5, 0.6) is 0 Å². The molecule has 0 aromatic rings. The van der Waals surface area contributed by atoms with Crippen molar-refractivity contribution in [1.82, 2.24) is 0 Å². The molecule has 0 bridgehead atoms. The highest BCUT2D eigenvalue weighted by Gasteiger charge is 1.85. The van der Waals surface area contributed by atoms with Gasteiger partial charge in [0.25, 0.3) is 0 Å². The summed E-state index contributed by atoms with van der Waals surface area (Å²) >= 11 is 7.47. The fourth-order valence-corrected chi connectivity index (χ4v) is 0. The van der Waals surface area contributed by atoms with Crippen molar-refractivity contribution >= 4 is 31.0 Å². The first-order valence-corrected chi connectivity index (χ1v) is 4.46. The zero-order valence-corrected chi connectivity index (χ0v) is 5.05. The van der Waals surface area contributed by atoms with Crippen LogP contribution in [0.2, 0.25) is 0 Å². The Balaban J connectivity index is 2.83. The van der Waals surface area contributed by atoms with Gasteiger partial charge < -0.3 is 0 Å². The van der Waals surface area contributed by atoms with Crippen molar-refractivity contribution in [2.45, 2.75) is 0 Å². The maximum atomic E-state index is 4.67. The molecule has 0 aliphatic heterocycles. The number of rotatable bonds is 1. The van der Waals surface area contributed by atoms with E-state index in [1.807, 2.05) is 0 Å². The van der Waals surface area contributed by atoms with E-state index >= 15 is 0 Å². The van der Waals surface area contributed by atoms with E-state index in [1.165, 1.54) is 0 Å². The van der Waals surface area contributed by atoms with Gasteiger partial charge in [-0.2, -0.15) is 5.53 Å². The zero-order chi connectivity index (χ0) is 4.28. The first kappa shape index (κ1) is 5.73. The standard InChI is InChI=1S/H3N2PS2/c1-2-3(4)5/h1,4-5H/p+1. The Kier molecular flexibility index (Phi) is 3.37. The molecule has 5 heavy (non-hydrogen) atoms. The van der Waals surface area contributed by atoms with Crippen LogP contribution in [-0.4, -0.2) is 0 Å². The molecular weight excluding hydrogens is 123 g/mol. The van der Waals surface area contributed by atoms with Crippen molar-refractivity contribution in [3.05, 3.63) is 0 Å². The number of thiol groups is 2. The van der Waals surface area contributed by atoms with Crippen molar-refractivity contribution in [3.63, 3.8) is 0 Å². The molecule has 0 atom stereocenters. The SMILES string of the molecule is [NH2+]=NP(S)S. The van der Waals surface area contributed by atoms with Crippen LogP contribution in [-0.2, 0) is 0 Å². The number of hydrogen-bond acceptors (Lipinski definition) is 3. The normalized spacial score (nSPS) is 8.60. The predicted octanol–water partition coefficient (Wildman–Crippen LogP) is 0.284. The summed E-state index contributed by atoms with van der Waals surface area (Å²) in [6.45, 7) is -0.807. The van der Waals surface area contributed by atoms with E-state index in [4.69, 9.17) is 0 Å². The average molecular weight is 127 g/mol. The maximum absolute atomic E-state index is 4.67. The third kappa shape index (κ3) is 4.73. The average Bonchev–Trinajstić information content (AvgIpc) is 1.38. The molecule has 2 nitrogen and oxygen atoms in total. The van der Waals surface area contributed by atoms with E-state index in [0.29, 0.717) is 0 Å². The largest absolute Gasteiger partial charge is 0.203 e. The van der Waals surface area contributed by atoms with E-state index < -0.39 is 6.48 Å². The lowest BCUT2D eigenvalue weighted by atomic mass is 13.3. The van der Waals surface area contributed by atoms with Crippen LogP contribution >= 0.6 is 31.0 Å². The molecule has 0 saturated heterocycles. The highest BCUT2D eigenvalue weighted by molar-refractivity contribution is 8.77. The summed E-state index contributed by atoms with van der Waals surface area (Å²) in [5.74, 6) is 0. The Hall–Kier alpha value is 0.730. The van der Waals surface area contributed by atoms with Crippen molar-refractivity contribution < 1.29 is 5.53 Å². The van der Waals surface area contributed by atoms with Gasteiger partial charge >= 0.3 is 0 Å². The third-order valence-corrected chi connectivity index (χ3v) is 0.930. The number of nitrogens with two attached hydrogens (primary N) is 1. The molecule has 5 heteroatoms. The molecule has 30 valence electrons. The van der Waals surface area contributed by atoms with Gasteiger partial charge in [0.15, 0.2) is 0 Å². The smallest absolute Gasteiger partial charge is 0.152 e. The molecule has 0 saturated carbocycles. The van der Waals surface area contributed by atoms with Gasteiger partial charge in [-0.1, -0.05) is 0 Å². The summed E-state index contributed by atoms with van der Waals surface area (Å²) < 4.78 is 0.